The summed E-state index contributed by atoms with van der Waals surface area (Å²) in [5.41, 5.74) is 4.43. The van der Waals surface area contributed by atoms with Crippen LogP contribution in [0, 0.1) is 13.8 Å². The van der Waals surface area contributed by atoms with Gasteiger partial charge in [0.1, 0.15) is 0 Å². The van der Waals surface area contributed by atoms with Crippen molar-refractivity contribution in [2.75, 3.05) is 18.4 Å². The molecule has 6 heteroatoms. The van der Waals surface area contributed by atoms with Gasteiger partial charge >= 0.3 is 0 Å². The van der Waals surface area contributed by atoms with Gasteiger partial charge in [0.2, 0.25) is 15.9 Å². The number of sulfonamides is 1. The number of hydrogen-bond acceptors (Lipinski definition) is 3. The van der Waals surface area contributed by atoms with Gasteiger partial charge in [-0.2, -0.15) is 4.31 Å². The largest absolute Gasteiger partial charge is 0.325 e. The summed E-state index contributed by atoms with van der Waals surface area (Å²) in [6.07, 6.45) is 3.78. The topological polar surface area (TPSA) is 66.5 Å². The highest BCUT2D eigenvalue weighted by Crippen LogP contribution is 2.22. The first-order valence-corrected chi connectivity index (χ1v) is 13.2. The summed E-state index contributed by atoms with van der Waals surface area (Å²) < 4.78 is 28.5. The third kappa shape index (κ3) is 7.02. The second-order valence-corrected chi connectivity index (χ2v) is 10.6. The maximum absolute atomic E-state index is 13.6. The van der Waals surface area contributed by atoms with Gasteiger partial charge in [-0.15, -0.1) is 0 Å². The summed E-state index contributed by atoms with van der Waals surface area (Å²) in [7, 11) is -3.86. The summed E-state index contributed by atoms with van der Waals surface area (Å²) in [5.74, 6) is -0.358. The molecule has 0 heterocycles. The molecule has 0 unspecified atom stereocenters. The van der Waals surface area contributed by atoms with Crippen molar-refractivity contribution in [3.05, 3.63) is 95.1 Å². The van der Waals surface area contributed by atoms with E-state index in [1.807, 2.05) is 67.6 Å². The van der Waals surface area contributed by atoms with Gasteiger partial charge in [-0.05, 0) is 73.6 Å². The predicted octanol–water partition coefficient (Wildman–Crippen LogP) is 5.52. The molecule has 0 saturated carbocycles. The Bertz CT molecular complexity index is 1190. The number of benzene rings is 3. The Morgan fingerprint density at radius 3 is 2.24 bits per heavy atom. The van der Waals surface area contributed by atoms with Gasteiger partial charge < -0.3 is 5.32 Å². The third-order valence-electron chi connectivity index (χ3n) is 5.83. The molecule has 0 aromatic heterocycles. The molecule has 0 spiro atoms. The van der Waals surface area contributed by atoms with Crippen molar-refractivity contribution in [1.29, 1.82) is 0 Å². The molecule has 3 rings (SSSR count). The standard InChI is InChI=1S/C28H34N2O3S/c1-4-5-9-25-14-16-26(17-15-25)29-28(31)21-30(19-18-24-10-7-6-8-11-24)34(32,33)27-20-22(2)12-13-23(27)3/h6-8,10-17,20H,4-5,9,18-19,21H2,1-3H3,(H,29,31). The van der Waals surface area contributed by atoms with Gasteiger partial charge in [0, 0.05) is 12.2 Å². The Kier molecular flexibility index (Phi) is 9.02. The summed E-state index contributed by atoms with van der Waals surface area (Å²) >= 11 is 0. The van der Waals surface area contributed by atoms with Crippen molar-refractivity contribution in [3.8, 4) is 0 Å². The summed E-state index contributed by atoms with van der Waals surface area (Å²) in [5, 5.41) is 2.86. The minimum absolute atomic E-state index is 0.211. The SMILES string of the molecule is CCCCc1ccc(NC(=O)CN(CCc2ccccc2)S(=O)(=O)c2cc(C)ccc2C)cc1. The third-order valence-corrected chi connectivity index (χ3v) is 7.82. The Hall–Kier alpha value is -2.96. The summed E-state index contributed by atoms with van der Waals surface area (Å²) in [4.78, 5) is 13.1. The van der Waals surface area contributed by atoms with E-state index < -0.39 is 10.0 Å². The summed E-state index contributed by atoms with van der Waals surface area (Å²) in [6.45, 7) is 5.76. The minimum Gasteiger partial charge on any atom is -0.325 e. The van der Waals surface area contributed by atoms with E-state index in [9.17, 15) is 13.2 Å². The monoisotopic (exact) mass is 478 g/mol. The smallest absolute Gasteiger partial charge is 0.243 e. The van der Waals surface area contributed by atoms with Crippen molar-refractivity contribution in [1.82, 2.24) is 4.31 Å². The van der Waals surface area contributed by atoms with Crippen LogP contribution in [-0.2, 0) is 27.7 Å². The molecule has 0 fully saturated rings. The van der Waals surface area contributed by atoms with Crippen LogP contribution < -0.4 is 5.32 Å². The normalized spacial score (nSPS) is 11.5. The van der Waals surface area contributed by atoms with Crippen LogP contribution in [0.2, 0.25) is 0 Å². The Morgan fingerprint density at radius 1 is 0.882 bits per heavy atom. The van der Waals surface area contributed by atoms with Gasteiger partial charge in [0.15, 0.2) is 0 Å². The van der Waals surface area contributed by atoms with Crippen molar-refractivity contribution < 1.29 is 13.2 Å². The van der Waals surface area contributed by atoms with Crippen LogP contribution >= 0.6 is 0 Å². The molecule has 0 saturated heterocycles. The van der Waals surface area contributed by atoms with Crippen molar-refractivity contribution in [2.45, 2.75) is 51.3 Å². The highest BCUT2D eigenvalue weighted by atomic mass is 32.2. The molecule has 0 aliphatic heterocycles. The highest BCUT2D eigenvalue weighted by molar-refractivity contribution is 7.89. The Labute approximate surface area is 203 Å². The molecule has 3 aromatic carbocycles. The lowest BCUT2D eigenvalue weighted by atomic mass is 10.1. The molecule has 5 nitrogen and oxygen atoms in total. The Morgan fingerprint density at radius 2 is 1.56 bits per heavy atom. The quantitative estimate of drug-likeness (QED) is 0.395. The number of hydrogen-bond donors (Lipinski definition) is 1. The van der Waals surface area contributed by atoms with E-state index in [2.05, 4.69) is 12.2 Å². The second kappa shape index (κ2) is 12.0. The van der Waals surface area contributed by atoms with Crippen molar-refractivity contribution in [3.63, 3.8) is 0 Å². The molecule has 0 atom stereocenters. The zero-order valence-corrected chi connectivity index (χ0v) is 21.1. The first kappa shape index (κ1) is 25.7. The Balaban J connectivity index is 1.78. The first-order valence-electron chi connectivity index (χ1n) is 11.8. The molecular formula is C28H34N2O3S. The van der Waals surface area contributed by atoms with E-state index in [0.29, 0.717) is 17.7 Å². The van der Waals surface area contributed by atoms with Gasteiger partial charge in [0.25, 0.3) is 0 Å². The van der Waals surface area contributed by atoms with Crippen LogP contribution in [0.15, 0.2) is 77.7 Å². The van der Waals surface area contributed by atoms with Gasteiger partial charge in [-0.25, -0.2) is 8.42 Å². The van der Waals surface area contributed by atoms with Crippen LogP contribution in [0.25, 0.3) is 0 Å². The van der Waals surface area contributed by atoms with E-state index in [-0.39, 0.29) is 23.9 Å². The van der Waals surface area contributed by atoms with Crippen LogP contribution in [-0.4, -0.2) is 31.7 Å². The molecule has 0 aliphatic carbocycles. The van der Waals surface area contributed by atoms with Gasteiger partial charge in [0.05, 0.1) is 11.4 Å². The molecule has 0 bridgehead atoms. The van der Waals surface area contributed by atoms with E-state index >= 15 is 0 Å². The van der Waals surface area contributed by atoms with E-state index in [0.717, 1.165) is 30.4 Å². The lowest BCUT2D eigenvalue weighted by Gasteiger charge is -2.23. The zero-order chi connectivity index (χ0) is 24.6. The molecule has 3 aromatic rings. The van der Waals surface area contributed by atoms with Crippen LogP contribution in [0.4, 0.5) is 5.69 Å². The van der Waals surface area contributed by atoms with Crippen LogP contribution in [0.1, 0.15) is 42.0 Å². The maximum atomic E-state index is 13.6. The lowest BCUT2D eigenvalue weighted by molar-refractivity contribution is -0.116. The number of amides is 1. The number of rotatable bonds is 11. The molecule has 180 valence electrons. The average Bonchev–Trinajstić information content (AvgIpc) is 2.83. The lowest BCUT2D eigenvalue weighted by Crippen LogP contribution is -2.39. The molecular weight excluding hydrogens is 444 g/mol. The molecule has 1 N–H and O–H groups in total. The summed E-state index contributed by atoms with van der Waals surface area (Å²) in [6, 6.07) is 22.8. The predicted molar refractivity (Wildman–Crippen MR) is 139 cm³/mol. The number of nitrogens with zero attached hydrogens (tertiary/aromatic N) is 1. The first-order chi connectivity index (χ1) is 16.3. The number of unbranched alkanes of at least 4 members (excludes halogenated alkanes) is 1. The minimum atomic E-state index is -3.86. The zero-order valence-electron chi connectivity index (χ0n) is 20.3. The molecule has 34 heavy (non-hydrogen) atoms. The van der Waals surface area contributed by atoms with Crippen molar-refractivity contribution >= 4 is 21.6 Å². The average molecular weight is 479 g/mol. The van der Waals surface area contributed by atoms with E-state index in [4.69, 9.17) is 0 Å². The highest BCUT2D eigenvalue weighted by Gasteiger charge is 2.28. The van der Waals surface area contributed by atoms with E-state index in [1.165, 1.54) is 9.87 Å². The van der Waals surface area contributed by atoms with Crippen LogP contribution in [0.3, 0.4) is 0 Å². The number of anilines is 1. The van der Waals surface area contributed by atoms with Crippen molar-refractivity contribution in [2.24, 2.45) is 0 Å². The van der Waals surface area contributed by atoms with E-state index in [1.54, 1.807) is 19.1 Å². The van der Waals surface area contributed by atoms with Crippen LogP contribution in [0.5, 0.6) is 0 Å². The number of nitrogens with one attached hydrogen (secondary N) is 1. The fraction of sp³-hybridized carbons (Fsp3) is 0.321. The second-order valence-electron chi connectivity index (χ2n) is 8.69. The number of carbonyl (C=O) groups excluding carboxylic acids is 1. The van der Waals surface area contributed by atoms with Gasteiger partial charge in [-0.3, -0.25) is 4.79 Å². The fourth-order valence-corrected chi connectivity index (χ4v) is 5.51. The maximum Gasteiger partial charge on any atom is 0.243 e. The molecule has 1 amide bonds. The number of aryl methyl sites for hydroxylation is 3. The van der Waals surface area contributed by atoms with Gasteiger partial charge in [-0.1, -0.05) is 67.9 Å². The molecule has 0 radical (unpaired) electrons. The fourth-order valence-electron chi connectivity index (χ4n) is 3.80. The number of carbonyl (C=O) groups is 1. The molecule has 0 aliphatic rings.